The highest BCUT2D eigenvalue weighted by molar-refractivity contribution is 5.97. The van der Waals surface area contributed by atoms with Crippen LogP contribution in [0.5, 0.6) is 5.75 Å². The van der Waals surface area contributed by atoms with Crippen molar-refractivity contribution in [3.8, 4) is 5.75 Å². The molecule has 0 saturated heterocycles. The minimum Gasteiger partial charge on any atom is -0.497 e. The van der Waals surface area contributed by atoms with E-state index in [0.29, 0.717) is 30.8 Å². The van der Waals surface area contributed by atoms with Gasteiger partial charge in [0.05, 0.1) is 7.11 Å². The van der Waals surface area contributed by atoms with Gasteiger partial charge in [-0.05, 0) is 67.8 Å². The summed E-state index contributed by atoms with van der Waals surface area (Å²) in [5.74, 6) is 0.332. The van der Waals surface area contributed by atoms with Gasteiger partial charge in [-0.2, -0.15) is 0 Å². The van der Waals surface area contributed by atoms with Crippen LogP contribution < -0.4 is 9.64 Å². The minimum absolute atomic E-state index is 0.00260. The monoisotopic (exact) mass is 526 g/mol. The summed E-state index contributed by atoms with van der Waals surface area (Å²) in [5, 5.41) is 1.16. The molecule has 39 heavy (non-hydrogen) atoms. The molecule has 0 aliphatic rings. The van der Waals surface area contributed by atoms with Crippen molar-refractivity contribution in [3.05, 3.63) is 95.7 Å². The standard InChI is InChI=1S/C32H38N4O3/c1-23(2)36(32(38)25-9-8-10-28(19-25)39-5)22-31(37)35(21-24-13-15-27(16-14-24)34(3)4)18-17-26-20-33-30-12-7-6-11-29(26)30/h6-16,19-20,23,33H,17-18,21-22H2,1-5H3. The first-order valence-corrected chi connectivity index (χ1v) is 13.3. The number of hydrogen-bond acceptors (Lipinski definition) is 4. The number of benzene rings is 3. The lowest BCUT2D eigenvalue weighted by atomic mass is 10.1. The van der Waals surface area contributed by atoms with Crippen molar-refractivity contribution >= 4 is 28.4 Å². The molecule has 0 aliphatic carbocycles. The van der Waals surface area contributed by atoms with Crippen LogP contribution in [0, 0.1) is 0 Å². The average molecular weight is 527 g/mol. The second-order valence-corrected chi connectivity index (χ2v) is 10.2. The number of methoxy groups -OCH3 is 1. The van der Waals surface area contributed by atoms with Crippen molar-refractivity contribution in [2.45, 2.75) is 32.9 Å². The number of carbonyl (C=O) groups excluding carboxylic acids is 2. The van der Waals surface area contributed by atoms with Crippen LogP contribution in [0.3, 0.4) is 0 Å². The van der Waals surface area contributed by atoms with Gasteiger partial charge < -0.3 is 24.4 Å². The highest BCUT2D eigenvalue weighted by atomic mass is 16.5. The fraction of sp³-hybridized carbons (Fsp3) is 0.312. The molecular weight excluding hydrogens is 488 g/mol. The van der Waals surface area contributed by atoms with E-state index in [0.717, 1.165) is 22.2 Å². The summed E-state index contributed by atoms with van der Waals surface area (Å²) >= 11 is 0. The van der Waals surface area contributed by atoms with Crippen molar-refractivity contribution in [2.24, 2.45) is 0 Å². The Morgan fingerprint density at radius 2 is 1.69 bits per heavy atom. The largest absolute Gasteiger partial charge is 0.497 e. The molecule has 0 atom stereocenters. The van der Waals surface area contributed by atoms with Gasteiger partial charge in [0.15, 0.2) is 0 Å². The van der Waals surface area contributed by atoms with E-state index >= 15 is 0 Å². The molecule has 1 aromatic heterocycles. The van der Waals surface area contributed by atoms with Gasteiger partial charge in [-0.25, -0.2) is 0 Å². The Hall–Kier alpha value is -4.26. The van der Waals surface area contributed by atoms with E-state index in [9.17, 15) is 9.59 Å². The summed E-state index contributed by atoms with van der Waals surface area (Å²) < 4.78 is 5.30. The molecule has 0 fully saturated rings. The van der Waals surface area contributed by atoms with Gasteiger partial charge >= 0.3 is 0 Å². The fourth-order valence-corrected chi connectivity index (χ4v) is 4.66. The van der Waals surface area contributed by atoms with E-state index in [2.05, 4.69) is 46.3 Å². The van der Waals surface area contributed by atoms with Crippen LogP contribution >= 0.6 is 0 Å². The third-order valence-electron chi connectivity index (χ3n) is 7.01. The molecule has 0 radical (unpaired) electrons. The van der Waals surface area contributed by atoms with E-state index in [1.165, 1.54) is 5.56 Å². The van der Waals surface area contributed by atoms with E-state index in [4.69, 9.17) is 4.74 Å². The average Bonchev–Trinajstić information content (AvgIpc) is 3.36. The van der Waals surface area contributed by atoms with Gasteiger partial charge in [-0.1, -0.05) is 36.4 Å². The number of amides is 2. The molecular formula is C32H38N4O3. The Balaban J connectivity index is 1.56. The van der Waals surface area contributed by atoms with E-state index in [1.807, 2.05) is 51.2 Å². The first-order chi connectivity index (χ1) is 18.8. The maximum Gasteiger partial charge on any atom is 0.254 e. The summed E-state index contributed by atoms with van der Waals surface area (Å²) in [5.41, 5.74) is 4.90. The van der Waals surface area contributed by atoms with Gasteiger partial charge in [-0.3, -0.25) is 9.59 Å². The zero-order valence-electron chi connectivity index (χ0n) is 23.5. The van der Waals surface area contributed by atoms with Gasteiger partial charge in [0, 0.05) is 61.6 Å². The summed E-state index contributed by atoms with van der Waals surface area (Å²) in [6.45, 7) is 4.87. The third-order valence-corrected chi connectivity index (χ3v) is 7.01. The summed E-state index contributed by atoms with van der Waals surface area (Å²) in [6, 6.07) is 23.3. The van der Waals surface area contributed by atoms with Crippen molar-refractivity contribution in [1.29, 1.82) is 0 Å². The van der Waals surface area contributed by atoms with Gasteiger partial charge in [0.25, 0.3) is 5.91 Å². The second-order valence-electron chi connectivity index (χ2n) is 10.2. The quantitative estimate of drug-likeness (QED) is 0.286. The molecule has 0 bridgehead atoms. The SMILES string of the molecule is COc1cccc(C(=O)N(CC(=O)N(CCc2c[nH]c3ccccc23)Cc2ccc(N(C)C)cc2)C(C)C)c1. The number of carbonyl (C=O) groups is 2. The number of fused-ring (bicyclic) bond motifs is 1. The van der Waals surface area contributed by atoms with Crippen LogP contribution in [0.15, 0.2) is 79.0 Å². The van der Waals surface area contributed by atoms with Crippen LogP contribution in [0.4, 0.5) is 5.69 Å². The number of nitrogens with zero attached hydrogens (tertiary/aromatic N) is 3. The lowest BCUT2D eigenvalue weighted by Crippen LogP contribution is -2.46. The van der Waals surface area contributed by atoms with E-state index in [-0.39, 0.29) is 24.4 Å². The van der Waals surface area contributed by atoms with Crippen LogP contribution in [0.1, 0.15) is 35.3 Å². The molecule has 4 rings (SSSR count). The Kier molecular flexibility index (Phi) is 8.92. The van der Waals surface area contributed by atoms with E-state index in [1.54, 1.807) is 36.3 Å². The van der Waals surface area contributed by atoms with Gasteiger partial charge in [-0.15, -0.1) is 0 Å². The highest BCUT2D eigenvalue weighted by Gasteiger charge is 2.25. The molecule has 204 valence electrons. The molecule has 7 nitrogen and oxygen atoms in total. The summed E-state index contributed by atoms with van der Waals surface area (Å²) in [7, 11) is 5.59. The zero-order valence-corrected chi connectivity index (χ0v) is 23.5. The van der Waals surface area contributed by atoms with Crippen LogP contribution in [-0.2, 0) is 17.8 Å². The number of rotatable bonds is 11. The molecule has 4 aromatic rings. The van der Waals surface area contributed by atoms with Crippen LogP contribution in [-0.4, -0.2) is 66.9 Å². The molecule has 7 heteroatoms. The van der Waals surface area contributed by atoms with Gasteiger partial charge in [0.2, 0.25) is 5.91 Å². The number of hydrogen-bond donors (Lipinski definition) is 1. The summed E-state index contributed by atoms with van der Waals surface area (Å²) in [6.07, 6.45) is 2.73. The van der Waals surface area contributed by atoms with Crippen molar-refractivity contribution in [3.63, 3.8) is 0 Å². The number of ether oxygens (including phenoxy) is 1. The Morgan fingerprint density at radius 3 is 2.38 bits per heavy atom. The molecule has 2 amide bonds. The predicted molar refractivity (Wildman–Crippen MR) is 157 cm³/mol. The minimum atomic E-state index is -0.191. The Labute approximate surface area is 231 Å². The maximum absolute atomic E-state index is 13.8. The molecule has 3 aromatic carbocycles. The summed E-state index contributed by atoms with van der Waals surface area (Å²) in [4.78, 5) is 36.1. The molecule has 1 heterocycles. The molecule has 0 spiro atoms. The zero-order chi connectivity index (χ0) is 27.9. The second kappa shape index (κ2) is 12.5. The third kappa shape index (κ3) is 6.79. The van der Waals surface area contributed by atoms with Crippen molar-refractivity contribution < 1.29 is 14.3 Å². The predicted octanol–water partition coefficient (Wildman–Crippen LogP) is 5.36. The molecule has 0 saturated carbocycles. The number of H-pyrrole nitrogens is 1. The maximum atomic E-state index is 13.8. The van der Waals surface area contributed by atoms with Gasteiger partial charge in [0.1, 0.15) is 12.3 Å². The van der Waals surface area contributed by atoms with Crippen molar-refractivity contribution in [1.82, 2.24) is 14.8 Å². The first-order valence-electron chi connectivity index (χ1n) is 13.3. The molecule has 0 aliphatic heterocycles. The normalized spacial score (nSPS) is 11.0. The number of aromatic nitrogens is 1. The van der Waals surface area contributed by atoms with E-state index < -0.39 is 0 Å². The molecule has 0 unspecified atom stereocenters. The first kappa shape index (κ1) is 27.8. The fourth-order valence-electron chi connectivity index (χ4n) is 4.66. The van der Waals surface area contributed by atoms with Crippen LogP contribution in [0.2, 0.25) is 0 Å². The molecule has 1 N–H and O–H groups in total. The number of para-hydroxylation sites is 1. The number of anilines is 1. The lowest BCUT2D eigenvalue weighted by molar-refractivity contribution is -0.132. The lowest BCUT2D eigenvalue weighted by Gasteiger charge is -2.30. The topological polar surface area (TPSA) is 68.9 Å². The Bertz CT molecular complexity index is 1410. The smallest absolute Gasteiger partial charge is 0.254 e. The highest BCUT2D eigenvalue weighted by Crippen LogP contribution is 2.21. The number of nitrogens with one attached hydrogen (secondary N) is 1. The van der Waals surface area contributed by atoms with Crippen LogP contribution in [0.25, 0.3) is 10.9 Å². The Morgan fingerprint density at radius 1 is 0.949 bits per heavy atom. The number of aromatic amines is 1. The van der Waals surface area contributed by atoms with Crippen molar-refractivity contribution in [2.75, 3.05) is 39.2 Å².